The lowest BCUT2D eigenvalue weighted by atomic mass is 9.87. The summed E-state index contributed by atoms with van der Waals surface area (Å²) >= 11 is 0. The van der Waals surface area contributed by atoms with Crippen molar-refractivity contribution in [2.45, 2.75) is 39.0 Å². The molecule has 3 rings (SSSR count). The summed E-state index contributed by atoms with van der Waals surface area (Å²) < 4.78 is 47.1. The number of hydrogen-bond acceptors (Lipinski definition) is 3. The molecule has 0 spiro atoms. The lowest BCUT2D eigenvalue weighted by Gasteiger charge is -2.19. The van der Waals surface area contributed by atoms with Crippen molar-refractivity contribution in [2.24, 2.45) is 0 Å². The smallest absolute Gasteiger partial charge is 0.457 e. The third kappa shape index (κ3) is 6.02. The molecule has 3 aromatic carbocycles. The quantitative estimate of drug-likeness (QED) is 0.427. The molecule has 0 unspecified atom stereocenters. The van der Waals surface area contributed by atoms with Crippen LogP contribution in [0.4, 0.5) is 13.2 Å². The summed E-state index contributed by atoms with van der Waals surface area (Å²) in [7, 11) is 0. The largest absolute Gasteiger partial charge is 0.573 e. The van der Waals surface area contributed by atoms with Gasteiger partial charge in [-0.25, -0.2) is 0 Å². The summed E-state index contributed by atoms with van der Waals surface area (Å²) in [6.07, 6.45) is -4.56. The zero-order chi connectivity index (χ0) is 22.6. The Hall–Kier alpha value is -3.46. The highest BCUT2D eigenvalue weighted by Crippen LogP contribution is 2.33. The molecule has 3 nitrogen and oxygen atoms in total. The first-order valence-corrected chi connectivity index (χ1v) is 9.69. The molecule has 0 saturated carbocycles. The van der Waals surface area contributed by atoms with Crippen LogP contribution >= 0.6 is 0 Å². The molecule has 0 heterocycles. The van der Waals surface area contributed by atoms with Gasteiger partial charge in [-0.1, -0.05) is 57.2 Å². The van der Waals surface area contributed by atoms with Crippen molar-refractivity contribution in [3.05, 3.63) is 77.9 Å². The first-order chi connectivity index (χ1) is 14.5. The minimum atomic E-state index is -4.73. The van der Waals surface area contributed by atoms with E-state index in [1.54, 1.807) is 24.3 Å². The Morgan fingerprint density at radius 3 is 1.94 bits per heavy atom. The van der Waals surface area contributed by atoms with Crippen LogP contribution in [0, 0.1) is 11.3 Å². The van der Waals surface area contributed by atoms with Crippen molar-refractivity contribution in [1.29, 1.82) is 5.26 Å². The van der Waals surface area contributed by atoms with Gasteiger partial charge in [-0.2, -0.15) is 5.26 Å². The number of halogens is 3. The third-order valence-corrected chi connectivity index (χ3v) is 4.71. The standard InChI is InChI=1S/C25H22F3NO2/c1-24(2,3)20-8-12-21(13-9-20)30-23-16-19(5-4-18(23)14-15-29)17-6-10-22(11-7-17)31-25(26,27)28/h4-13,16H,14H2,1-3H3. The number of ether oxygens (including phenoxy) is 2. The van der Waals surface area contributed by atoms with Crippen molar-refractivity contribution in [2.75, 3.05) is 0 Å². The van der Waals surface area contributed by atoms with E-state index in [1.807, 2.05) is 30.3 Å². The molecule has 0 radical (unpaired) electrons. The molecular weight excluding hydrogens is 403 g/mol. The highest BCUT2D eigenvalue weighted by Gasteiger charge is 2.31. The molecule has 6 heteroatoms. The topological polar surface area (TPSA) is 42.2 Å². The Morgan fingerprint density at radius 1 is 0.806 bits per heavy atom. The maximum Gasteiger partial charge on any atom is 0.573 e. The molecule has 31 heavy (non-hydrogen) atoms. The molecule has 3 aromatic rings. The number of alkyl halides is 3. The van der Waals surface area contributed by atoms with E-state index in [4.69, 9.17) is 10.00 Å². The van der Waals surface area contributed by atoms with Gasteiger partial charge in [-0.15, -0.1) is 13.2 Å². The second-order valence-electron chi connectivity index (χ2n) is 8.11. The van der Waals surface area contributed by atoms with Gasteiger partial charge in [0.25, 0.3) is 0 Å². The van der Waals surface area contributed by atoms with Crippen LogP contribution in [0.2, 0.25) is 0 Å². The Labute approximate surface area is 179 Å². The summed E-state index contributed by atoms with van der Waals surface area (Å²) in [6, 6.07) is 20.9. The summed E-state index contributed by atoms with van der Waals surface area (Å²) in [5.74, 6) is 0.879. The lowest BCUT2D eigenvalue weighted by Crippen LogP contribution is -2.16. The fourth-order valence-corrected chi connectivity index (χ4v) is 3.06. The average molecular weight is 425 g/mol. The zero-order valence-electron chi connectivity index (χ0n) is 17.5. The van der Waals surface area contributed by atoms with E-state index >= 15 is 0 Å². The van der Waals surface area contributed by atoms with Crippen LogP contribution in [0.1, 0.15) is 31.9 Å². The average Bonchev–Trinajstić information content (AvgIpc) is 2.69. The SMILES string of the molecule is CC(C)(C)c1ccc(Oc2cc(-c3ccc(OC(F)(F)F)cc3)ccc2CC#N)cc1. The van der Waals surface area contributed by atoms with E-state index in [0.29, 0.717) is 17.1 Å². The van der Waals surface area contributed by atoms with Crippen molar-refractivity contribution in [3.8, 4) is 34.4 Å². The molecule has 0 saturated heterocycles. The van der Waals surface area contributed by atoms with Crippen molar-refractivity contribution >= 4 is 0 Å². The second kappa shape index (κ2) is 8.73. The summed E-state index contributed by atoms with van der Waals surface area (Å²) in [5, 5.41) is 9.13. The maximum absolute atomic E-state index is 12.4. The van der Waals surface area contributed by atoms with Crippen LogP contribution in [-0.4, -0.2) is 6.36 Å². The van der Waals surface area contributed by atoms with Gasteiger partial charge >= 0.3 is 6.36 Å². The van der Waals surface area contributed by atoms with Gasteiger partial charge < -0.3 is 9.47 Å². The van der Waals surface area contributed by atoms with Gasteiger partial charge in [0.1, 0.15) is 17.2 Å². The molecule has 0 bridgehead atoms. The summed E-state index contributed by atoms with van der Waals surface area (Å²) in [6.45, 7) is 6.38. The van der Waals surface area contributed by atoms with E-state index in [9.17, 15) is 13.2 Å². The number of hydrogen-bond donors (Lipinski definition) is 0. The predicted octanol–water partition coefficient (Wildman–Crippen LogP) is 7.41. The van der Waals surface area contributed by atoms with Crippen LogP contribution < -0.4 is 9.47 Å². The van der Waals surface area contributed by atoms with Gasteiger partial charge in [0.05, 0.1) is 12.5 Å². The second-order valence-corrected chi connectivity index (χ2v) is 8.11. The van der Waals surface area contributed by atoms with E-state index < -0.39 is 6.36 Å². The van der Waals surface area contributed by atoms with Crippen LogP contribution in [0.25, 0.3) is 11.1 Å². The minimum Gasteiger partial charge on any atom is -0.457 e. The Balaban J connectivity index is 1.88. The number of nitrogens with zero attached hydrogens (tertiary/aromatic N) is 1. The fourth-order valence-electron chi connectivity index (χ4n) is 3.06. The highest BCUT2D eigenvalue weighted by molar-refractivity contribution is 5.67. The van der Waals surface area contributed by atoms with E-state index in [0.717, 1.165) is 11.1 Å². The maximum atomic E-state index is 12.4. The van der Waals surface area contributed by atoms with Crippen LogP contribution in [0.5, 0.6) is 17.2 Å². The molecule has 0 aliphatic carbocycles. The van der Waals surface area contributed by atoms with Crippen molar-refractivity contribution < 1.29 is 22.6 Å². The predicted molar refractivity (Wildman–Crippen MR) is 113 cm³/mol. The first kappa shape index (κ1) is 22.2. The van der Waals surface area contributed by atoms with Gasteiger partial charge in [-0.3, -0.25) is 0 Å². The van der Waals surface area contributed by atoms with Crippen LogP contribution in [-0.2, 0) is 11.8 Å². The summed E-state index contributed by atoms with van der Waals surface area (Å²) in [4.78, 5) is 0. The molecular formula is C25H22F3NO2. The first-order valence-electron chi connectivity index (χ1n) is 9.69. The lowest BCUT2D eigenvalue weighted by molar-refractivity contribution is -0.274. The Morgan fingerprint density at radius 2 is 1.39 bits per heavy atom. The molecule has 0 N–H and O–H groups in total. The molecule has 0 fully saturated rings. The number of nitriles is 1. The third-order valence-electron chi connectivity index (χ3n) is 4.71. The van der Waals surface area contributed by atoms with Crippen molar-refractivity contribution in [1.82, 2.24) is 0 Å². The van der Waals surface area contributed by atoms with Gasteiger partial charge in [0.2, 0.25) is 0 Å². The number of rotatable bonds is 5. The van der Waals surface area contributed by atoms with Crippen LogP contribution in [0.3, 0.4) is 0 Å². The normalized spacial score (nSPS) is 11.6. The fraction of sp³-hybridized carbons (Fsp3) is 0.240. The van der Waals surface area contributed by atoms with Gasteiger partial charge in [0.15, 0.2) is 0 Å². The molecule has 0 aliphatic rings. The van der Waals surface area contributed by atoms with Gasteiger partial charge in [-0.05, 0) is 52.4 Å². The van der Waals surface area contributed by atoms with E-state index in [2.05, 4.69) is 31.6 Å². The van der Waals surface area contributed by atoms with Crippen LogP contribution in [0.15, 0.2) is 66.7 Å². The minimum absolute atomic E-state index is 0.0202. The van der Waals surface area contributed by atoms with E-state index in [-0.39, 0.29) is 17.6 Å². The Bertz CT molecular complexity index is 1070. The van der Waals surface area contributed by atoms with Crippen molar-refractivity contribution in [3.63, 3.8) is 0 Å². The molecule has 160 valence electrons. The Kier molecular flexibility index (Phi) is 6.26. The van der Waals surface area contributed by atoms with E-state index in [1.165, 1.54) is 17.7 Å². The summed E-state index contributed by atoms with van der Waals surface area (Å²) in [5.41, 5.74) is 3.37. The zero-order valence-corrected chi connectivity index (χ0v) is 17.5. The molecule has 0 aromatic heterocycles. The highest BCUT2D eigenvalue weighted by atomic mass is 19.4. The monoisotopic (exact) mass is 425 g/mol. The van der Waals surface area contributed by atoms with Gasteiger partial charge in [0, 0.05) is 5.56 Å². The molecule has 0 amide bonds. The number of benzene rings is 3. The molecule has 0 atom stereocenters. The molecule has 0 aliphatic heterocycles.